The lowest BCUT2D eigenvalue weighted by molar-refractivity contribution is 0.445. The van der Waals surface area contributed by atoms with Crippen LogP contribution in [0, 0.1) is 5.82 Å². The highest BCUT2D eigenvalue weighted by Crippen LogP contribution is 2.36. The van der Waals surface area contributed by atoms with E-state index in [1.54, 1.807) is 6.07 Å². The molecule has 146 valence electrons. The summed E-state index contributed by atoms with van der Waals surface area (Å²) in [5.74, 6) is -0.519. The monoisotopic (exact) mass is 399 g/mol. The van der Waals surface area contributed by atoms with Gasteiger partial charge in [-0.1, -0.05) is 24.3 Å². The van der Waals surface area contributed by atoms with Crippen molar-refractivity contribution in [2.24, 2.45) is 0 Å². The van der Waals surface area contributed by atoms with E-state index in [1.165, 1.54) is 11.6 Å². The highest BCUT2D eigenvalue weighted by Gasteiger charge is 2.32. The summed E-state index contributed by atoms with van der Waals surface area (Å²) < 4.78 is 42.4. The van der Waals surface area contributed by atoms with Crippen LogP contribution in [0.2, 0.25) is 0 Å². The summed E-state index contributed by atoms with van der Waals surface area (Å²) in [6, 6.07) is 12.1. The zero-order chi connectivity index (χ0) is 19.5. The fourth-order valence-electron chi connectivity index (χ4n) is 4.06. The SMILES string of the molecule is C[C@H]1Cc2c([nH]c3ccccc23)C(c2ccc(S(=O)(=O)NC3CC3)cc2F)N1. The number of halogens is 1. The quantitative estimate of drug-likeness (QED) is 0.630. The first-order chi connectivity index (χ1) is 13.4. The molecule has 0 saturated heterocycles. The number of aromatic amines is 1. The molecule has 1 aliphatic heterocycles. The molecule has 2 aliphatic rings. The number of sulfonamides is 1. The summed E-state index contributed by atoms with van der Waals surface area (Å²) in [7, 11) is -3.68. The number of benzene rings is 2. The number of para-hydroxylation sites is 1. The first kappa shape index (κ1) is 17.8. The van der Waals surface area contributed by atoms with Crippen LogP contribution in [0.25, 0.3) is 10.9 Å². The number of aromatic nitrogens is 1. The molecule has 2 heterocycles. The first-order valence-electron chi connectivity index (χ1n) is 9.59. The average molecular weight is 399 g/mol. The third kappa shape index (κ3) is 3.03. The largest absolute Gasteiger partial charge is 0.357 e. The normalized spacial score (nSPS) is 22.4. The Morgan fingerprint density at radius 3 is 2.68 bits per heavy atom. The Balaban J connectivity index is 1.56. The zero-order valence-electron chi connectivity index (χ0n) is 15.5. The molecule has 7 heteroatoms. The lowest BCUT2D eigenvalue weighted by Crippen LogP contribution is -2.38. The van der Waals surface area contributed by atoms with Gasteiger partial charge in [-0.15, -0.1) is 0 Å². The van der Waals surface area contributed by atoms with Crippen LogP contribution >= 0.6 is 0 Å². The lowest BCUT2D eigenvalue weighted by Gasteiger charge is -2.30. The van der Waals surface area contributed by atoms with Crippen molar-refractivity contribution in [1.82, 2.24) is 15.0 Å². The van der Waals surface area contributed by atoms with Crippen LogP contribution in [0.5, 0.6) is 0 Å². The maximum Gasteiger partial charge on any atom is 0.240 e. The molecule has 0 bridgehead atoms. The van der Waals surface area contributed by atoms with Crippen molar-refractivity contribution in [2.75, 3.05) is 0 Å². The Hall–Kier alpha value is -2.22. The van der Waals surface area contributed by atoms with Gasteiger partial charge < -0.3 is 10.3 Å². The van der Waals surface area contributed by atoms with E-state index < -0.39 is 15.8 Å². The van der Waals surface area contributed by atoms with Crippen molar-refractivity contribution in [2.45, 2.75) is 49.2 Å². The van der Waals surface area contributed by atoms with Crippen molar-refractivity contribution >= 4 is 20.9 Å². The first-order valence-corrected chi connectivity index (χ1v) is 11.1. The highest BCUT2D eigenvalue weighted by atomic mass is 32.2. The second kappa shape index (κ2) is 6.40. The molecule has 0 spiro atoms. The Kier molecular flexibility index (Phi) is 4.08. The number of rotatable bonds is 4. The second-order valence-corrected chi connectivity index (χ2v) is 9.56. The minimum Gasteiger partial charge on any atom is -0.357 e. The van der Waals surface area contributed by atoms with Gasteiger partial charge in [-0.3, -0.25) is 0 Å². The minimum absolute atomic E-state index is 0.0116. The molecule has 2 aromatic carbocycles. The standard InChI is InChI=1S/C21H22FN3O2S/c1-12-10-17-15-4-2-3-5-19(15)24-21(17)20(23-12)16-9-8-14(11-18(16)22)28(26,27)25-13-6-7-13/h2-5,8-9,11-13,20,23-25H,6-7,10H2,1H3/t12-,20?/m0/s1. The van der Waals surface area contributed by atoms with E-state index in [-0.39, 0.29) is 23.0 Å². The summed E-state index contributed by atoms with van der Waals surface area (Å²) in [5.41, 5.74) is 3.62. The molecule has 1 saturated carbocycles. The van der Waals surface area contributed by atoms with Gasteiger partial charge in [-0.05, 0) is 49.9 Å². The van der Waals surface area contributed by atoms with Crippen LogP contribution in [-0.4, -0.2) is 25.5 Å². The molecule has 1 aromatic heterocycles. The van der Waals surface area contributed by atoms with Gasteiger partial charge in [-0.2, -0.15) is 0 Å². The van der Waals surface area contributed by atoms with E-state index in [1.807, 2.05) is 18.2 Å². The maximum atomic E-state index is 15.0. The van der Waals surface area contributed by atoms with Gasteiger partial charge in [0.2, 0.25) is 10.0 Å². The van der Waals surface area contributed by atoms with E-state index >= 15 is 4.39 Å². The van der Waals surface area contributed by atoms with Crippen molar-refractivity contribution in [1.29, 1.82) is 0 Å². The van der Waals surface area contributed by atoms with Gasteiger partial charge in [0.05, 0.1) is 10.9 Å². The van der Waals surface area contributed by atoms with Gasteiger partial charge >= 0.3 is 0 Å². The molecule has 1 fully saturated rings. The summed E-state index contributed by atoms with van der Waals surface area (Å²) in [5, 5.41) is 4.61. The summed E-state index contributed by atoms with van der Waals surface area (Å²) in [4.78, 5) is 3.41. The van der Waals surface area contributed by atoms with Crippen LogP contribution in [0.3, 0.4) is 0 Å². The zero-order valence-corrected chi connectivity index (χ0v) is 16.3. The molecular weight excluding hydrogens is 377 g/mol. The van der Waals surface area contributed by atoms with E-state index in [4.69, 9.17) is 0 Å². The number of H-pyrrole nitrogens is 1. The Morgan fingerprint density at radius 2 is 1.93 bits per heavy atom. The van der Waals surface area contributed by atoms with Crippen LogP contribution in [0.4, 0.5) is 4.39 Å². The molecule has 3 N–H and O–H groups in total. The topological polar surface area (TPSA) is 74.0 Å². The fourth-order valence-corrected chi connectivity index (χ4v) is 5.38. The molecule has 5 nitrogen and oxygen atoms in total. The van der Waals surface area contributed by atoms with Crippen LogP contribution in [-0.2, 0) is 16.4 Å². The number of fused-ring (bicyclic) bond motifs is 3. The molecule has 1 unspecified atom stereocenters. The van der Waals surface area contributed by atoms with Crippen LogP contribution < -0.4 is 10.0 Å². The molecule has 5 rings (SSSR count). The molecule has 2 atom stereocenters. The predicted molar refractivity (Wildman–Crippen MR) is 106 cm³/mol. The van der Waals surface area contributed by atoms with Crippen molar-refractivity contribution < 1.29 is 12.8 Å². The van der Waals surface area contributed by atoms with Crippen molar-refractivity contribution in [3.05, 3.63) is 65.1 Å². The van der Waals surface area contributed by atoms with Gasteiger partial charge in [0.25, 0.3) is 0 Å². The molecule has 0 amide bonds. The van der Waals surface area contributed by atoms with Gasteiger partial charge in [0, 0.05) is 34.2 Å². The van der Waals surface area contributed by atoms with E-state index in [0.717, 1.165) is 41.9 Å². The smallest absolute Gasteiger partial charge is 0.240 e. The molecule has 28 heavy (non-hydrogen) atoms. The van der Waals surface area contributed by atoms with Gasteiger partial charge in [0.1, 0.15) is 5.82 Å². The van der Waals surface area contributed by atoms with E-state index in [9.17, 15) is 8.42 Å². The average Bonchev–Trinajstić information content (AvgIpc) is 3.38. The molecule has 1 aliphatic carbocycles. The second-order valence-electron chi connectivity index (χ2n) is 7.85. The molecular formula is C21H22FN3O2S. The summed E-state index contributed by atoms with van der Waals surface area (Å²) in [6.07, 6.45) is 2.54. The van der Waals surface area contributed by atoms with Crippen LogP contribution in [0.1, 0.15) is 42.6 Å². The van der Waals surface area contributed by atoms with Crippen molar-refractivity contribution in [3.8, 4) is 0 Å². The van der Waals surface area contributed by atoms with Crippen molar-refractivity contribution in [3.63, 3.8) is 0 Å². The maximum absolute atomic E-state index is 15.0. The Labute approximate surface area is 163 Å². The highest BCUT2D eigenvalue weighted by molar-refractivity contribution is 7.89. The minimum atomic E-state index is -3.68. The Morgan fingerprint density at radius 1 is 1.14 bits per heavy atom. The third-order valence-corrected chi connectivity index (χ3v) is 7.11. The van der Waals surface area contributed by atoms with Gasteiger partial charge in [0.15, 0.2) is 0 Å². The van der Waals surface area contributed by atoms with E-state index in [2.05, 4.69) is 28.0 Å². The third-order valence-electron chi connectivity index (χ3n) is 5.59. The number of hydrogen-bond donors (Lipinski definition) is 3. The predicted octanol–water partition coefficient (Wildman–Crippen LogP) is 3.37. The van der Waals surface area contributed by atoms with Gasteiger partial charge in [-0.25, -0.2) is 17.5 Å². The molecule has 0 radical (unpaired) electrons. The van der Waals surface area contributed by atoms with Crippen LogP contribution in [0.15, 0.2) is 47.4 Å². The van der Waals surface area contributed by atoms with E-state index in [0.29, 0.717) is 5.56 Å². The lowest BCUT2D eigenvalue weighted by atomic mass is 9.91. The number of nitrogens with one attached hydrogen (secondary N) is 3. The molecule has 3 aromatic rings. The fraction of sp³-hybridized carbons (Fsp3) is 0.333. The summed E-state index contributed by atoms with van der Waals surface area (Å²) >= 11 is 0. The number of hydrogen-bond acceptors (Lipinski definition) is 3. The summed E-state index contributed by atoms with van der Waals surface area (Å²) in [6.45, 7) is 2.08. The Bertz CT molecular complexity index is 1170.